The highest BCUT2D eigenvalue weighted by atomic mass is 32.2. The maximum atomic E-state index is 10.7. The molecule has 0 unspecified atom stereocenters. The van der Waals surface area contributed by atoms with Gasteiger partial charge in [-0.05, 0) is 19.1 Å². The highest BCUT2D eigenvalue weighted by Crippen LogP contribution is 2.19. The zero-order chi connectivity index (χ0) is 13.7. The lowest BCUT2D eigenvalue weighted by atomic mass is 10.3. The number of carboxylic acid groups (broad SMARTS) is 1. The Morgan fingerprint density at radius 1 is 1.47 bits per heavy atom. The fourth-order valence-electron chi connectivity index (χ4n) is 1.27. The van der Waals surface area contributed by atoms with Crippen molar-refractivity contribution in [2.75, 3.05) is 0 Å². The van der Waals surface area contributed by atoms with Gasteiger partial charge in [-0.15, -0.1) is 5.10 Å². The summed E-state index contributed by atoms with van der Waals surface area (Å²) in [7, 11) is 0. The van der Waals surface area contributed by atoms with Crippen molar-refractivity contribution in [1.29, 1.82) is 0 Å². The lowest BCUT2D eigenvalue weighted by Crippen LogP contribution is -2.11. The van der Waals surface area contributed by atoms with Gasteiger partial charge in [-0.2, -0.15) is 0 Å². The van der Waals surface area contributed by atoms with E-state index in [0.717, 1.165) is 17.5 Å². The Balaban J connectivity index is 1.89. The van der Waals surface area contributed by atoms with Gasteiger partial charge in [0.25, 0.3) is 0 Å². The topological polar surface area (TPSA) is 88.1 Å². The molecule has 0 amide bonds. The lowest BCUT2D eigenvalue weighted by molar-refractivity contribution is -0.136. The third kappa shape index (κ3) is 3.99. The molecule has 0 fully saturated rings. The molecule has 2 N–H and O–H groups in total. The van der Waals surface area contributed by atoms with Gasteiger partial charge in [-0.1, -0.05) is 30.0 Å². The van der Waals surface area contributed by atoms with Gasteiger partial charge < -0.3 is 9.84 Å². The molecule has 0 saturated carbocycles. The zero-order valence-electron chi connectivity index (χ0n) is 10.2. The number of nitrogens with one attached hydrogen (secondary N) is 1. The van der Waals surface area contributed by atoms with Crippen molar-refractivity contribution in [2.45, 2.75) is 23.9 Å². The molecular formula is C12H13N3O3S. The summed E-state index contributed by atoms with van der Waals surface area (Å²) in [5, 5.41) is 15.3. The smallest absolute Gasteiger partial charge is 0.316 e. The van der Waals surface area contributed by atoms with E-state index in [1.54, 1.807) is 6.92 Å². The van der Waals surface area contributed by atoms with Gasteiger partial charge in [0.2, 0.25) is 5.16 Å². The van der Waals surface area contributed by atoms with Crippen molar-refractivity contribution in [1.82, 2.24) is 15.2 Å². The van der Waals surface area contributed by atoms with Crippen LogP contribution in [0.4, 0.5) is 0 Å². The molecule has 7 heteroatoms. The monoisotopic (exact) mass is 279 g/mol. The molecule has 0 aliphatic rings. The van der Waals surface area contributed by atoms with E-state index in [0.29, 0.717) is 11.0 Å². The number of aliphatic carboxylic acids is 1. The Morgan fingerprint density at radius 2 is 2.21 bits per heavy atom. The minimum atomic E-state index is -0.892. The molecule has 0 spiro atoms. The number of hydrogen-bond acceptors (Lipinski definition) is 5. The fourth-order valence-corrected chi connectivity index (χ4v) is 1.95. The Kier molecular flexibility index (Phi) is 4.40. The summed E-state index contributed by atoms with van der Waals surface area (Å²) in [5.41, 5.74) is 0. The summed E-state index contributed by atoms with van der Waals surface area (Å²) in [5.74, 6) is 0.410. The van der Waals surface area contributed by atoms with Crippen molar-refractivity contribution in [2.24, 2.45) is 0 Å². The molecule has 1 aromatic carbocycles. The molecule has 0 radical (unpaired) electrons. The SMILES string of the molecule is C[C@@H](Sc1n[nH]c(COc2ccccc2)n1)C(=O)O. The number of benzene rings is 1. The van der Waals surface area contributed by atoms with E-state index in [2.05, 4.69) is 15.2 Å². The molecule has 1 atom stereocenters. The van der Waals surface area contributed by atoms with Crippen molar-refractivity contribution < 1.29 is 14.6 Å². The predicted octanol–water partition coefficient (Wildman–Crippen LogP) is 1.95. The van der Waals surface area contributed by atoms with E-state index in [-0.39, 0.29) is 6.61 Å². The van der Waals surface area contributed by atoms with Gasteiger partial charge in [0.15, 0.2) is 5.82 Å². The second kappa shape index (κ2) is 6.24. The number of carboxylic acids is 1. The molecule has 0 aliphatic carbocycles. The highest BCUT2D eigenvalue weighted by molar-refractivity contribution is 8.00. The van der Waals surface area contributed by atoms with E-state index in [4.69, 9.17) is 9.84 Å². The number of nitrogens with zero attached hydrogens (tertiary/aromatic N) is 2. The van der Waals surface area contributed by atoms with Crippen molar-refractivity contribution >= 4 is 17.7 Å². The first-order valence-electron chi connectivity index (χ1n) is 5.64. The third-order valence-electron chi connectivity index (χ3n) is 2.26. The van der Waals surface area contributed by atoms with Gasteiger partial charge >= 0.3 is 5.97 Å². The number of rotatable bonds is 6. The Labute approximate surface area is 114 Å². The van der Waals surface area contributed by atoms with Crippen LogP contribution in [0.2, 0.25) is 0 Å². The molecule has 19 heavy (non-hydrogen) atoms. The first-order valence-corrected chi connectivity index (χ1v) is 6.51. The van der Waals surface area contributed by atoms with Crippen LogP contribution < -0.4 is 4.74 Å². The minimum Gasteiger partial charge on any atom is -0.486 e. The number of aromatic amines is 1. The minimum absolute atomic E-state index is 0.263. The Bertz CT molecular complexity index is 544. The van der Waals surface area contributed by atoms with Gasteiger partial charge in [0.1, 0.15) is 17.6 Å². The molecule has 1 aromatic heterocycles. The Hall–Kier alpha value is -2.02. The quantitative estimate of drug-likeness (QED) is 0.786. The second-order valence-electron chi connectivity index (χ2n) is 3.76. The zero-order valence-corrected chi connectivity index (χ0v) is 11.1. The summed E-state index contributed by atoms with van der Waals surface area (Å²) < 4.78 is 5.50. The van der Waals surface area contributed by atoms with Gasteiger partial charge in [-0.25, -0.2) is 4.98 Å². The van der Waals surface area contributed by atoms with Crippen LogP contribution in [-0.4, -0.2) is 31.5 Å². The normalized spacial score (nSPS) is 12.1. The van der Waals surface area contributed by atoms with E-state index < -0.39 is 11.2 Å². The number of H-pyrrole nitrogens is 1. The van der Waals surface area contributed by atoms with E-state index >= 15 is 0 Å². The molecular weight excluding hydrogens is 266 g/mol. The molecule has 0 bridgehead atoms. The Morgan fingerprint density at radius 3 is 2.89 bits per heavy atom. The molecule has 0 aliphatic heterocycles. The van der Waals surface area contributed by atoms with Crippen LogP contribution in [-0.2, 0) is 11.4 Å². The average Bonchev–Trinajstić information content (AvgIpc) is 2.85. The predicted molar refractivity (Wildman–Crippen MR) is 70.1 cm³/mol. The number of thioether (sulfide) groups is 1. The van der Waals surface area contributed by atoms with E-state index in [1.165, 1.54) is 0 Å². The van der Waals surface area contributed by atoms with E-state index in [9.17, 15) is 4.79 Å². The molecule has 0 saturated heterocycles. The second-order valence-corrected chi connectivity index (χ2v) is 5.07. The van der Waals surface area contributed by atoms with Crippen LogP contribution in [0.25, 0.3) is 0 Å². The number of ether oxygens (including phenoxy) is 1. The summed E-state index contributed by atoms with van der Waals surface area (Å²) in [6.07, 6.45) is 0. The number of para-hydroxylation sites is 1. The molecule has 1 heterocycles. The van der Waals surface area contributed by atoms with Gasteiger partial charge in [0, 0.05) is 0 Å². The van der Waals surface area contributed by atoms with Crippen LogP contribution in [0.5, 0.6) is 5.75 Å². The first-order chi connectivity index (χ1) is 9.15. The number of aromatic nitrogens is 3. The maximum Gasteiger partial charge on any atom is 0.316 e. The van der Waals surface area contributed by atoms with Crippen molar-refractivity contribution in [3.8, 4) is 5.75 Å². The molecule has 2 aromatic rings. The maximum absolute atomic E-state index is 10.7. The summed E-state index contributed by atoms with van der Waals surface area (Å²) in [6, 6.07) is 9.36. The highest BCUT2D eigenvalue weighted by Gasteiger charge is 2.15. The lowest BCUT2D eigenvalue weighted by Gasteiger charge is -2.02. The van der Waals surface area contributed by atoms with Crippen molar-refractivity contribution in [3.63, 3.8) is 0 Å². The average molecular weight is 279 g/mol. The fraction of sp³-hybridized carbons (Fsp3) is 0.250. The first kappa shape index (κ1) is 13.4. The number of hydrogen-bond donors (Lipinski definition) is 2. The molecule has 100 valence electrons. The van der Waals surface area contributed by atoms with Crippen LogP contribution in [0.3, 0.4) is 0 Å². The van der Waals surface area contributed by atoms with E-state index in [1.807, 2.05) is 30.3 Å². The largest absolute Gasteiger partial charge is 0.486 e. The van der Waals surface area contributed by atoms with Crippen molar-refractivity contribution in [3.05, 3.63) is 36.2 Å². The summed E-state index contributed by atoms with van der Waals surface area (Å²) in [6.45, 7) is 1.85. The molecule has 6 nitrogen and oxygen atoms in total. The van der Waals surface area contributed by atoms with Crippen LogP contribution in [0.1, 0.15) is 12.7 Å². The summed E-state index contributed by atoms with van der Waals surface area (Å²) in [4.78, 5) is 14.9. The summed E-state index contributed by atoms with van der Waals surface area (Å²) >= 11 is 1.09. The van der Waals surface area contributed by atoms with Crippen LogP contribution in [0, 0.1) is 0 Å². The van der Waals surface area contributed by atoms with Gasteiger partial charge in [-0.3, -0.25) is 9.89 Å². The van der Waals surface area contributed by atoms with Crippen LogP contribution in [0.15, 0.2) is 35.5 Å². The van der Waals surface area contributed by atoms with Gasteiger partial charge in [0.05, 0.1) is 0 Å². The third-order valence-corrected chi connectivity index (χ3v) is 3.21. The van der Waals surface area contributed by atoms with Crippen LogP contribution >= 0.6 is 11.8 Å². The molecule has 2 rings (SSSR count). The standard InChI is InChI=1S/C12H13N3O3S/c1-8(11(16)17)19-12-13-10(14-15-12)7-18-9-5-3-2-4-6-9/h2-6,8H,7H2,1H3,(H,16,17)(H,13,14,15)/t8-/m1/s1. The number of carbonyl (C=O) groups is 1.